The summed E-state index contributed by atoms with van der Waals surface area (Å²) in [5, 5.41) is 5.24. The molecule has 1 aliphatic heterocycles. The van der Waals surface area contributed by atoms with Crippen LogP contribution in [0.25, 0.3) is 0 Å². The Morgan fingerprint density at radius 3 is 2.50 bits per heavy atom. The van der Waals surface area contributed by atoms with Crippen LogP contribution in [0, 0.1) is 5.82 Å². The second-order valence-electron chi connectivity index (χ2n) is 5.13. The minimum absolute atomic E-state index is 0.0124. The Kier molecular flexibility index (Phi) is 4.59. The van der Waals surface area contributed by atoms with E-state index in [9.17, 15) is 14.0 Å². The molecule has 0 aromatic heterocycles. The van der Waals surface area contributed by atoms with Crippen LogP contribution in [0.1, 0.15) is 10.4 Å². The quantitative estimate of drug-likeness (QED) is 0.807. The smallest absolute Gasteiger partial charge is 0.321 e. The Morgan fingerprint density at radius 2 is 1.88 bits per heavy atom. The largest absolute Gasteiger partial charge is 0.336 e. The predicted octanol–water partition coefficient (Wildman–Crippen LogP) is 3.91. The molecular weight excluding hydrogens is 356 g/mol. The van der Waals surface area contributed by atoms with Crippen molar-refractivity contribution >= 4 is 46.5 Å². The Labute approximate surface area is 147 Å². The van der Waals surface area contributed by atoms with E-state index in [1.165, 1.54) is 6.07 Å². The lowest BCUT2D eigenvalue weighted by Gasteiger charge is -2.15. The summed E-state index contributed by atoms with van der Waals surface area (Å²) in [6, 6.07) is 8.74. The zero-order chi connectivity index (χ0) is 17.3. The number of halogens is 3. The normalized spacial score (nSPS) is 13.8. The van der Waals surface area contributed by atoms with Crippen LogP contribution >= 0.6 is 23.2 Å². The van der Waals surface area contributed by atoms with Crippen LogP contribution < -0.4 is 15.5 Å². The first-order valence-electron chi connectivity index (χ1n) is 7.07. The first-order chi connectivity index (χ1) is 11.5. The van der Waals surface area contributed by atoms with Gasteiger partial charge < -0.3 is 10.6 Å². The first kappa shape index (κ1) is 16.5. The highest BCUT2D eigenvalue weighted by molar-refractivity contribution is 6.37. The summed E-state index contributed by atoms with van der Waals surface area (Å²) in [6.45, 7) is 1.18. The van der Waals surface area contributed by atoms with E-state index in [1.54, 1.807) is 29.2 Å². The van der Waals surface area contributed by atoms with Gasteiger partial charge in [0.25, 0.3) is 5.91 Å². The summed E-state index contributed by atoms with van der Waals surface area (Å²) in [5.41, 5.74) is 1.20. The van der Waals surface area contributed by atoms with E-state index in [0.29, 0.717) is 18.8 Å². The van der Waals surface area contributed by atoms with Gasteiger partial charge in [0.1, 0.15) is 5.82 Å². The van der Waals surface area contributed by atoms with Gasteiger partial charge in [0.2, 0.25) is 0 Å². The molecule has 2 N–H and O–H groups in total. The van der Waals surface area contributed by atoms with Crippen LogP contribution in [0.3, 0.4) is 0 Å². The van der Waals surface area contributed by atoms with Crippen LogP contribution in [-0.2, 0) is 0 Å². The van der Waals surface area contributed by atoms with Crippen molar-refractivity contribution in [1.82, 2.24) is 5.32 Å². The molecule has 1 saturated heterocycles. The van der Waals surface area contributed by atoms with Crippen LogP contribution in [-0.4, -0.2) is 25.0 Å². The van der Waals surface area contributed by atoms with Gasteiger partial charge in [-0.2, -0.15) is 0 Å². The second-order valence-corrected chi connectivity index (χ2v) is 5.95. The maximum Gasteiger partial charge on any atom is 0.321 e. The van der Waals surface area contributed by atoms with Crippen molar-refractivity contribution in [2.24, 2.45) is 0 Å². The summed E-state index contributed by atoms with van der Waals surface area (Å²) >= 11 is 11.5. The van der Waals surface area contributed by atoms with Crippen molar-refractivity contribution in [3.8, 4) is 0 Å². The molecule has 0 aliphatic carbocycles. The van der Waals surface area contributed by atoms with E-state index in [-0.39, 0.29) is 21.6 Å². The number of benzene rings is 2. The van der Waals surface area contributed by atoms with Crippen molar-refractivity contribution in [2.75, 3.05) is 23.3 Å². The van der Waals surface area contributed by atoms with Crippen molar-refractivity contribution in [1.29, 1.82) is 0 Å². The van der Waals surface area contributed by atoms with Crippen molar-refractivity contribution in [3.63, 3.8) is 0 Å². The third-order valence-electron chi connectivity index (χ3n) is 3.55. The minimum Gasteiger partial charge on any atom is -0.336 e. The van der Waals surface area contributed by atoms with E-state index in [1.807, 2.05) is 0 Å². The Bertz CT molecular complexity index is 812. The van der Waals surface area contributed by atoms with Crippen LogP contribution in [0.4, 0.5) is 20.6 Å². The first-order valence-corrected chi connectivity index (χ1v) is 7.82. The molecular formula is C16H12Cl2FN3O2. The van der Waals surface area contributed by atoms with Crippen LogP contribution in [0.15, 0.2) is 36.4 Å². The average molecular weight is 368 g/mol. The Hall–Kier alpha value is -2.31. The molecule has 0 unspecified atom stereocenters. The number of hydrogen-bond donors (Lipinski definition) is 2. The fourth-order valence-corrected chi connectivity index (χ4v) is 2.81. The van der Waals surface area contributed by atoms with Crippen LogP contribution in [0.5, 0.6) is 0 Å². The van der Waals surface area contributed by atoms with Gasteiger partial charge in [-0.3, -0.25) is 9.69 Å². The molecule has 0 spiro atoms. The highest BCUT2D eigenvalue weighted by Gasteiger charge is 2.21. The van der Waals surface area contributed by atoms with Gasteiger partial charge in [0.05, 0.1) is 15.6 Å². The van der Waals surface area contributed by atoms with E-state index in [4.69, 9.17) is 23.2 Å². The maximum atomic E-state index is 13.5. The van der Waals surface area contributed by atoms with Crippen molar-refractivity contribution < 1.29 is 14.0 Å². The number of hydrogen-bond acceptors (Lipinski definition) is 2. The zero-order valence-corrected chi connectivity index (χ0v) is 13.8. The summed E-state index contributed by atoms with van der Waals surface area (Å²) in [6.07, 6.45) is 0. The highest BCUT2D eigenvalue weighted by Crippen LogP contribution is 2.26. The van der Waals surface area contributed by atoms with Gasteiger partial charge >= 0.3 is 6.03 Å². The summed E-state index contributed by atoms with van der Waals surface area (Å²) in [5.74, 6) is -1.27. The minimum atomic E-state index is -0.721. The van der Waals surface area contributed by atoms with E-state index in [2.05, 4.69) is 10.6 Å². The molecule has 2 aromatic rings. The number of urea groups is 1. The SMILES string of the molecule is O=C(Nc1ccc(N2CCNC2=O)cc1)c1cc(F)c(Cl)cc1Cl. The molecule has 0 saturated carbocycles. The third kappa shape index (κ3) is 3.29. The molecule has 3 rings (SSSR count). The topological polar surface area (TPSA) is 61.4 Å². The highest BCUT2D eigenvalue weighted by atomic mass is 35.5. The fourth-order valence-electron chi connectivity index (χ4n) is 2.34. The molecule has 1 heterocycles. The lowest BCUT2D eigenvalue weighted by Crippen LogP contribution is -2.27. The number of amides is 3. The predicted molar refractivity (Wildman–Crippen MR) is 91.6 cm³/mol. The average Bonchev–Trinajstić information content (AvgIpc) is 2.97. The van der Waals surface area contributed by atoms with Gasteiger partial charge in [0.15, 0.2) is 0 Å². The van der Waals surface area contributed by atoms with E-state index < -0.39 is 11.7 Å². The van der Waals surface area contributed by atoms with Gasteiger partial charge in [0, 0.05) is 24.5 Å². The summed E-state index contributed by atoms with van der Waals surface area (Å²) < 4.78 is 13.5. The Balaban J connectivity index is 1.75. The molecule has 124 valence electrons. The number of carbonyl (C=O) groups is 2. The molecule has 3 amide bonds. The lowest BCUT2D eigenvalue weighted by atomic mass is 10.2. The third-order valence-corrected chi connectivity index (χ3v) is 4.15. The molecule has 5 nitrogen and oxygen atoms in total. The number of carbonyl (C=O) groups excluding carboxylic acids is 2. The summed E-state index contributed by atoms with van der Waals surface area (Å²) in [7, 11) is 0. The van der Waals surface area contributed by atoms with Crippen LogP contribution in [0.2, 0.25) is 10.0 Å². The molecule has 8 heteroatoms. The zero-order valence-electron chi connectivity index (χ0n) is 12.3. The Morgan fingerprint density at radius 1 is 1.17 bits per heavy atom. The van der Waals surface area contributed by atoms with Gasteiger partial charge in [-0.25, -0.2) is 9.18 Å². The monoisotopic (exact) mass is 367 g/mol. The maximum absolute atomic E-state index is 13.5. The molecule has 24 heavy (non-hydrogen) atoms. The van der Waals surface area contributed by atoms with Gasteiger partial charge in [-0.15, -0.1) is 0 Å². The molecule has 0 bridgehead atoms. The number of anilines is 2. The molecule has 0 atom stereocenters. The fraction of sp³-hybridized carbons (Fsp3) is 0.125. The number of rotatable bonds is 3. The molecule has 1 fully saturated rings. The van der Waals surface area contributed by atoms with Crippen molar-refractivity contribution in [2.45, 2.75) is 0 Å². The van der Waals surface area contributed by atoms with Gasteiger partial charge in [-0.05, 0) is 36.4 Å². The number of nitrogens with one attached hydrogen (secondary N) is 2. The summed E-state index contributed by atoms with van der Waals surface area (Å²) in [4.78, 5) is 25.4. The van der Waals surface area contributed by atoms with E-state index >= 15 is 0 Å². The molecule has 2 aromatic carbocycles. The molecule has 0 radical (unpaired) electrons. The molecule has 1 aliphatic rings. The lowest BCUT2D eigenvalue weighted by molar-refractivity contribution is 0.102. The van der Waals surface area contributed by atoms with Crippen molar-refractivity contribution in [3.05, 3.63) is 57.8 Å². The number of nitrogens with zero attached hydrogens (tertiary/aromatic N) is 1. The standard InChI is InChI=1S/C16H12Cl2FN3O2/c17-12-8-13(18)14(19)7-11(12)15(23)21-9-1-3-10(4-2-9)22-6-5-20-16(22)24/h1-4,7-8H,5-6H2,(H,20,24)(H,21,23). The second kappa shape index (κ2) is 6.67. The van der Waals surface area contributed by atoms with Gasteiger partial charge in [-0.1, -0.05) is 23.2 Å². The van der Waals surface area contributed by atoms with E-state index in [0.717, 1.165) is 11.8 Å².